The van der Waals surface area contributed by atoms with Crippen LogP contribution in [0.2, 0.25) is 0 Å². The zero-order valence-corrected chi connectivity index (χ0v) is 12.9. The van der Waals surface area contributed by atoms with Gasteiger partial charge >= 0.3 is 17.8 Å². The number of nitrogens with zero attached hydrogens (tertiary/aromatic N) is 1. The largest absolute Gasteiger partial charge is 0.465 e. The van der Waals surface area contributed by atoms with Crippen LogP contribution in [-0.4, -0.2) is 31.1 Å². The van der Waals surface area contributed by atoms with E-state index in [9.17, 15) is 14.4 Å². The first-order chi connectivity index (χ1) is 11.1. The van der Waals surface area contributed by atoms with E-state index in [1.54, 1.807) is 0 Å². The second-order valence-electron chi connectivity index (χ2n) is 4.24. The second-order valence-corrected chi connectivity index (χ2v) is 5.22. The molecule has 0 saturated heterocycles. The third-order valence-electron chi connectivity index (χ3n) is 2.67. The first kappa shape index (κ1) is 16.4. The number of benzene rings is 1. The van der Waals surface area contributed by atoms with Crippen molar-refractivity contribution >= 4 is 41.0 Å². The third kappa shape index (κ3) is 4.75. The highest BCUT2D eigenvalue weighted by Crippen LogP contribution is 2.10. The predicted octanol–water partition coefficient (Wildman–Crippen LogP) is 1.62. The van der Waals surface area contributed by atoms with E-state index < -0.39 is 17.8 Å². The Labute approximate surface area is 136 Å². The van der Waals surface area contributed by atoms with Crippen LogP contribution in [0.4, 0.5) is 5.69 Å². The van der Waals surface area contributed by atoms with Gasteiger partial charge < -0.3 is 10.1 Å². The fourth-order valence-electron chi connectivity index (χ4n) is 1.57. The summed E-state index contributed by atoms with van der Waals surface area (Å²) < 4.78 is 4.56. The molecule has 0 atom stereocenters. The Bertz CT molecular complexity index is 724. The van der Waals surface area contributed by atoms with Gasteiger partial charge in [0.25, 0.3) is 0 Å². The first-order valence-electron chi connectivity index (χ1n) is 6.46. The minimum absolute atomic E-state index is 0.343. The van der Waals surface area contributed by atoms with Gasteiger partial charge in [-0.1, -0.05) is 6.07 Å². The average Bonchev–Trinajstić information content (AvgIpc) is 3.08. The van der Waals surface area contributed by atoms with Crippen LogP contribution in [0.25, 0.3) is 0 Å². The fraction of sp³-hybridized carbons (Fsp3) is 0.0667. The molecule has 2 aromatic rings. The number of rotatable bonds is 4. The number of thiophene rings is 1. The van der Waals surface area contributed by atoms with Crippen LogP contribution < -0.4 is 10.7 Å². The lowest BCUT2D eigenvalue weighted by Crippen LogP contribution is -2.32. The lowest BCUT2D eigenvalue weighted by molar-refractivity contribution is -0.136. The molecule has 0 aliphatic rings. The molecule has 1 aromatic carbocycles. The molecule has 2 N–H and O–H groups in total. The molecule has 1 heterocycles. The molecule has 2 amide bonds. The van der Waals surface area contributed by atoms with Gasteiger partial charge in [-0.3, -0.25) is 9.59 Å². The van der Waals surface area contributed by atoms with Crippen molar-refractivity contribution in [3.8, 4) is 0 Å². The molecule has 0 spiro atoms. The number of anilines is 1. The molecular weight excluding hydrogens is 318 g/mol. The molecule has 0 fully saturated rings. The summed E-state index contributed by atoms with van der Waals surface area (Å²) in [5.74, 6) is -2.24. The van der Waals surface area contributed by atoms with E-state index in [0.717, 1.165) is 4.88 Å². The normalized spacial score (nSPS) is 10.3. The SMILES string of the molecule is COC(=O)c1ccc(NC(=O)C(=O)N/N=C/c2cccs2)cc1. The number of esters is 1. The van der Waals surface area contributed by atoms with E-state index >= 15 is 0 Å². The molecule has 2 rings (SSSR count). The Balaban J connectivity index is 1.88. The zero-order valence-electron chi connectivity index (χ0n) is 12.1. The van der Waals surface area contributed by atoms with Crippen LogP contribution in [0.3, 0.4) is 0 Å². The number of carbonyl (C=O) groups is 3. The van der Waals surface area contributed by atoms with E-state index in [-0.39, 0.29) is 0 Å². The number of hydrazone groups is 1. The van der Waals surface area contributed by atoms with Gasteiger partial charge in [-0.15, -0.1) is 11.3 Å². The van der Waals surface area contributed by atoms with Crippen molar-refractivity contribution in [2.75, 3.05) is 12.4 Å². The molecule has 118 valence electrons. The predicted molar refractivity (Wildman–Crippen MR) is 86.5 cm³/mol. The number of nitrogens with one attached hydrogen (secondary N) is 2. The highest BCUT2D eigenvalue weighted by Gasteiger charge is 2.13. The Morgan fingerprint density at radius 3 is 2.48 bits per heavy atom. The lowest BCUT2D eigenvalue weighted by Gasteiger charge is -2.04. The van der Waals surface area contributed by atoms with Gasteiger partial charge in [0.05, 0.1) is 18.9 Å². The van der Waals surface area contributed by atoms with E-state index in [0.29, 0.717) is 11.3 Å². The molecule has 0 bridgehead atoms. The van der Waals surface area contributed by atoms with Crippen LogP contribution >= 0.6 is 11.3 Å². The summed E-state index contributed by atoms with van der Waals surface area (Å²) in [5.41, 5.74) is 2.85. The summed E-state index contributed by atoms with van der Waals surface area (Å²) in [6.07, 6.45) is 1.45. The first-order valence-corrected chi connectivity index (χ1v) is 7.34. The highest BCUT2D eigenvalue weighted by molar-refractivity contribution is 7.11. The molecule has 8 heteroatoms. The molecule has 0 radical (unpaired) electrons. The number of ether oxygens (including phenoxy) is 1. The molecule has 1 aromatic heterocycles. The molecular formula is C15H13N3O4S. The Hall–Kier alpha value is -3.00. The number of hydrogen-bond donors (Lipinski definition) is 2. The monoisotopic (exact) mass is 331 g/mol. The van der Waals surface area contributed by atoms with Gasteiger partial charge in [-0.25, -0.2) is 10.2 Å². The molecule has 0 aliphatic heterocycles. The maximum Gasteiger partial charge on any atom is 0.337 e. The van der Waals surface area contributed by atoms with Crippen molar-refractivity contribution in [2.24, 2.45) is 5.10 Å². The Morgan fingerprint density at radius 2 is 1.87 bits per heavy atom. The molecule has 0 unspecified atom stereocenters. The van der Waals surface area contributed by atoms with Crippen molar-refractivity contribution in [1.82, 2.24) is 5.43 Å². The summed E-state index contributed by atoms with van der Waals surface area (Å²) in [5, 5.41) is 7.95. The number of carbonyl (C=O) groups excluding carboxylic acids is 3. The topological polar surface area (TPSA) is 96.9 Å². The third-order valence-corrected chi connectivity index (χ3v) is 3.48. The van der Waals surface area contributed by atoms with Crippen molar-refractivity contribution < 1.29 is 19.1 Å². The van der Waals surface area contributed by atoms with Crippen molar-refractivity contribution in [2.45, 2.75) is 0 Å². The van der Waals surface area contributed by atoms with E-state index in [1.807, 2.05) is 17.5 Å². The van der Waals surface area contributed by atoms with Crippen molar-refractivity contribution in [1.29, 1.82) is 0 Å². The van der Waals surface area contributed by atoms with E-state index in [1.165, 1.54) is 48.9 Å². The van der Waals surface area contributed by atoms with Gasteiger partial charge in [0.1, 0.15) is 0 Å². The molecule has 7 nitrogen and oxygen atoms in total. The Morgan fingerprint density at radius 1 is 1.13 bits per heavy atom. The zero-order chi connectivity index (χ0) is 16.7. The minimum Gasteiger partial charge on any atom is -0.465 e. The molecule has 0 saturated carbocycles. The fourth-order valence-corrected chi connectivity index (χ4v) is 2.15. The maximum absolute atomic E-state index is 11.7. The number of hydrogen-bond acceptors (Lipinski definition) is 6. The highest BCUT2D eigenvalue weighted by atomic mass is 32.1. The number of methoxy groups -OCH3 is 1. The summed E-state index contributed by atoms with van der Waals surface area (Å²) in [4.78, 5) is 35.4. The van der Waals surface area contributed by atoms with Crippen LogP contribution in [0.5, 0.6) is 0 Å². The quantitative estimate of drug-likeness (QED) is 0.385. The standard InChI is InChI=1S/C15H13N3O4S/c1-22-15(21)10-4-6-11(7-5-10)17-13(19)14(20)18-16-9-12-3-2-8-23-12/h2-9H,1H3,(H,17,19)(H,18,20)/b16-9+. The Kier molecular flexibility index (Phi) is 5.59. The summed E-state index contributed by atoms with van der Waals surface area (Å²) in [6.45, 7) is 0. The van der Waals surface area contributed by atoms with Gasteiger partial charge in [0.15, 0.2) is 0 Å². The van der Waals surface area contributed by atoms with Gasteiger partial charge in [-0.2, -0.15) is 5.10 Å². The summed E-state index contributed by atoms with van der Waals surface area (Å²) in [7, 11) is 1.28. The number of amides is 2. The van der Waals surface area contributed by atoms with E-state index in [4.69, 9.17) is 0 Å². The van der Waals surface area contributed by atoms with E-state index in [2.05, 4.69) is 20.6 Å². The van der Waals surface area contributed by atoms with Crippen LogP contribution in [-0.2, 0) is 14.3 Å². The van der Waals surface area contributed by atoms with Gasteiger partial charge in [0, 0.05) is 10.6 Å². The van der Waals surface area contributed by atoms with Crippen LogP contribution in [0.15, 0.2) is 46.9 Å². The second kappa shape index (κ2) is 7.85. The molecule has 0 aliphatic carbocycles. The van der Waals surface area contributed by atoms with Gasteiger partial charge in [-0.05, 0) is 35.7 Å². The van der Waals surface area contributed by atoms with Crippen LogP contribution in [0, 0.1) is 0 Å². The summed E-state index contributed by atoms with van der Waals surface area (Å²) in [6, 6.07) is 9.61. The van der Waals surface area contributed by atoms with Crippen molar-refractivity contribution in [3.05, 3.63) is 52.2 Å². The minimum atomic E-state index is -0.894. The smallest absolute Gasteiger partial charge is 0.337 e. The van der Waals surface area contributed by atoms with Crippen molar-refractivity contribution in [3.63, 3.8) is 0 Å². The van der Waals surface area contributed by atoms with Gasteiger partial charge in [0.2, 0.25) is 0 Å². The van der Waals surface area contributed by atoms with Crippen LogP contribution in [0.1, 0.15) is 15.2 Å². The maximum atomic E-state index is 11.7. The molecule has 23 heavy (non-hydrogen) atoms. The summed E-state index contributed by atoms with van der Waals surface area (Å²) >= 11 is 1.45. The average molecular weight is 331 g/mol. The lowest BCUT2D eigenvalue weighted by atomic mass is 10.2.